The van der Waals surface area contributed by atoms with Crippen molar-refractivity contribution < 1.29 is 4.79 Å². The van der Waals surface area contributed by atoms with Crippen LogP contribution in [0.4, 0.5) is 0 Å². The van der Waals surface area contributed by atoms with Crippen molar-refractivity contribution >= 4 is 18.3 Å². The molecule has 4 heteroatoms. The van der Waals surface area contributed by atoms with Crippen LogP contribution in [0.3, 0.4) is 0 Å². The Kier molecular flexibility index (Phi) is 5.42. The average Bonchev–Trinajstić information content (AvgIpc) is 2.91. The second kappa shape index (κ2) is 6.82. The van der Waals surface area contributed by atoms with Gasteiger partial charge in [0.15, 0.2) is 0 Å². The number of carbonyl (C=O) groups excluding carboxylic acids is 1. The van der Waals surface area contributed by atoms with Crippen molar-refractivity contribution in [3.63, 3.8) is 0 Å². The lowest BCUT2D eigenvalue weighted by Crippen LogP contribution is -2.53. The van der Waals surface area contributed by atoms with Gasteiger partial charge in [-0.15, -0.1) is 12.4 Å². The number of benzene rings is 1. The third-order valence-corrected chi connectivity index (χ3v) is 5.81. The van der Waals surface area contributed by atoms with Crippen LogP contribution < -0.4 is 5.73 Å². The van der Waals surface area contributed by atoms with Gasteiger partial charge in [-0.3, -0.25) is 4.79 Å². The summed E-state index contributed by atoms with van der Waals surface area (Å²) in [7, 11) is 0. The zero-order valence-electron chi connectivity index (χ0n) is 14.3. The lowest BCUT2D eigenvalue weighted by molar-refractivity contribution is -0.138. The van der Waals surface area contributed by atoms with Gasteiger partial charge in [0.2, 0.25) is 5.91 Å². The van der Waals surface area contributed by atoms with Crippen molar-refractivity contribution in [2.75, 3.05) is 13.1 Å². The highest BCUT2D eigenvalue weighted by Gasteiger charge is 2.44. The van der Waals surface area contributed by atoms with Gasteiger partial charge >= 0.3 is 0 Å². The molecule has 1 aromatic rings. The molecule has 1 aliphatic carbocycles. The molecule has 23 heavy (non-hydrogen) atoms. The predicted octanol–water partition coefficient (Wildman–Crippen LogP) is 3.51. The molecule has 0 radical (unpaired) electrons. The van der Waals surface area contributed by atoms with Crippen molar-refractivity contribution in [2.24, 2.45) is 11.7 Å². The summed E-state index contributed by atoms with van der Waals surface area (Å²) in [5.41, 5.74) is 7.51. The minimum absolute atomic E-state index is 0. The van der Waals surface area contributed by atoms with E-state index in [-0.39, 0.29) is 35.2 Å². The lowest BCUT2D eigenvalue weighted by atomic mass is 9.74. The number of amides is 1. The minimum Gasteiger partial charge on any atom is -0.341 e. The Morgan fingerprint density at radius 1 is 1.17 bits per heavy atom. The number of likely N-dealkylation sites (tertiary alicyclic amines) is 1. The molecular weight excluding hydrogens is 308 g/mol. The van der Waals surface area contributed by atoms with Crippen LogP contribution >= 0.6 is 12.4 Å². The first-order valence-electron chi connectivity index (χ1n) is 8.56. The molecule has 0 spiro atoms. The van der Waals surface area contributed by atoms with Gasteiger partial charge in [0, 0.05) is 24.0 Å². The van der Waals surface area contributed by atoms with E-state index in [9.17, 15) is 4.79 Å². The van der Waals surface area contributed by atoms with Crippen molar-refractivity contribution in [2.45, 2.75) is 56.9 Å². The second-order valence-corrected chi connectivity index (χ2v) is 7.74. The van der Waals surface area contributed by atoms with Gasteiger partial charge in [0.25, 0.3) is 0 Å². The molecule has 1 aliphatic heterocycles. The Hall–Kier alpha value is -1.06. The maximum Gasteiger partial charge on any atom is 0.227 e. The van der Waals surface area contributed by atoms with E-state index in [0.717, 1.165) is 45.2 Å². The third-order valence-electron chi connectivity index (χ3n) is 5.81. The first-order valence-corrected chi connectivity index (χ1v) is 8.56. The Labute approximate surface area is 146 Å². The van der Waals surface area contributed by atoms with E-state index in [2.05, 4.69) is 43.0 Å². The summed E-state index contributed by atoms with van der Waals surface area (Å²) in [5, 5.41) is 0. The first-order chi connectivity index (χ1) is 10.4. The zero-order chi connectivity index (χ0) is 15.8. The third kappa shape index (κ3) is 3.56. The van der Waals surface area contributed by atoms with Crippen LogP contribution in [-0.4, -0.2) is 29.4 Å². The topological polar surface area (TPSA) is 46.3 Å². The molecule has 3 nitrogen and oxygen atoms in total. The molecule has 3 unspecified atom stereocenters. The Balaban J connectivity index is 0.00000192. The molecule has 1 aromatic carbocycles. The van der Waals surface area contributed by atoms with Crippen molar-refractivity contribution in [3.8, 4) is 0 Å². The van der Waals surface area contributed by atoms with E-state index in [4.69, 9.17) is 5.73 Å². The Morgan fingerprint density at radius 2 is 1.87 bits per heavy atom. The predicted molar refractivity (Wildman–Crippen MR) is 96.8 cm³/mol. The fourth-order valence-corrected chi connectivity index (χ4v) is 4.21. The number of nitrogens with zero attached hydrogens (tertiary/aromatic N) is 1. The van der Waals surface area contributed by atoms with Crippen LogP contribution in [0.1, 0.15) is 51.5 Å². The minimum atomic E-state index is -0.332. The maximum atomic E-state index is 13.0. The van der Waals surface area contributed by atoms with Gasteiger partial charge in [0.1, 0.15) is 0 Å². The highest BCUT2D eigenvalue weighted by Crippen LogP contribution is 2.38. The average molecular weight is 337 g/mol. The van der Waals surface area contributed by atoms with Gasteiger partial charge in [-0.25, -0.2) is 0 Å². The molecule has 1 saturated carbocycles. The van der Waals surface area contributed by atoms with Gasteiger partial charge in [-0.1, -0.05) is 50.1 Å². The van der Waals surface area contributed by atoms with E-state index in [1.807, 2.05) is 6.07 Å². The molecule has 2 aliphatic rings. The second-order valence-electron chi connectivity index (χ2n) is 7.74. The molecular formula is C19H29ClN2O. The lowest BCUT2D eigenvalue weighted by Gasteiger charge is -2.39. The summed E-state index contributed by atoms with van der Waals surface area (Å²) >= 11 is 0. The van der Waals surface area contributed by atoms with Gasteiger partial charge < -0.3 is 10.6 Å². The van der Waals surface area contributed by atoms with E-state index < -0.39 is 0 Å². The van der Waals surface area contributed by atoms with E-state index in [1.54, 1.807) is 0 Å². The standard InChI is InChI=1S/C19H28N2O.ClH/c1-18(15-8-4-3-5-9-15)12-13-21(14-18)17(22)16-10-6-7-11-19(16,2)20;/h3-5,8-9,16H,6-7,10-14,20H2,1-2H3;1H. The van der Waals surface area contributed by atoms with Crippen LogP contribution in [0.25, 0.3) is 0 Å². The smallest absolute Gasteiger partial charge is 0.227 e. The molecule has 0 bridgehead atoms. The number of hydrogen-bond donors (Lipinski definition) is 1. The fraction of sp³-hybridized carbons (Fsp3) is 0.632. The highest BCUT2D eigenvalue weighted by molar-refractivity contribution is 5.85. The molecule has 128 valence electrons. The molecule has 3 rings (SSSR count). The zero-order valence-corrected chi connectivity index (χ0v) is 15.1. The van der Waals surface area contributed by atoms with Gasteiger partial charge in [-0.05, 0) is 31.7 Å². The van der Waals surface area contributed by atoms with Crippen LogP contribution in [0, 0.1) is 5.92 Å². The van der Waals surface area contributed by atoms with Crippen molar-refractivity contribution in [1.82, 2.24) is 4.90 Å². The van der Waals surface area contributed by atoms with Crippen molar-refractivity contribution in [1.29, 1.82) is 0 Å². The molecule has 0 aromatic heterocycles. The van der Waals surface area contributed by atoms with Crippen LogP contribution in [0.15, 0.2) is 30.3 Å². The molecule has 1 heterocycles. The molecule has 2 N–H and O–H groups in total. The Bertz CT molecular complexity index is 546. The summed E-state index contributed by atoms with van der Waals surface area (Å²) < 4.78 is 0. The quantitative estimate of drug-likeness (QED) is 0.898. The van der Waals surface area contributed by atoms with Gasteiger partial charge in [-0.2, -0.15) is 0 Å². The molecule has 1 saturated heterocycles. The summed E-state index contributed by atoms with van der Waals surface area (Å²) in [5.74, 6) is 0.281. The first kappa shape index (κ1) is 18.3. The molecule has 1 amide bonds. The number of hydrogen-bond acceptors (Lipinski definition) is 2. The monoisotopic (exact) mass is 336 g/mol. The SMILES string of the molecule is CC1(c2ccccc2)CCN(C(=O)C2CCCCC2(C)N)C1.Cl. The normalized spacial score (nSPS) is 34.0. The van der Waals surface area contributed by atoms with E-state index in [1.165, 1.54) is 5.56 Å². The number of carbonyl (C=O) groups is 1. The number of rotatable bonds is 2. The summed E-state index contributed by atoms with van der Waals surface area (Å²) in [6.45, 7) is 6.01. The summed E-state index contributed by atoms with van der Waals surface area (Å²) in [6.07, 6.45) is 5.24. The highest BCUT2D eigenvalue weighted by atomic mass is 35.5. The fourth-order valence-electron chi connectivity index (χ4n) is 4.21. The van der Waals surface area contributed by atoms with E-state index in [0.29, 0.717) is 0 Å². The maximum absolute atomic E-state index is 13.0. The van der Waals surface area contributed by atoms with Crippen LogP contribution in [0.5, 0.6) is 0 Å². The van der Waals surface area contributed by atoms with Gasteiger partial charge in [0.05, 0.1) is 5.92 Å². The number of halogens is 1. The number of nitrogens with two attached hydrogens (primary N) is 1. The largest absolute Gasteiger partial charge is 0.341 e. The van der Waals surface area contributed by atoms with Crippen molar-refractivity contribution in [3.05, 3.63) is 35.9 Å². The van der Waals surface area contributed by atoms with Crippen LogP contribution in [0.2, 0.25) is 0 Å². The Morgan fingerprint density at radius 3 is 2.52 bits per heavy atom. The summed E-state index contributed by atoms with van der Waals surface area (Å²) in [6, 6.07) is 10.6. The summed E-state index contributed by atoms with van der Waals surface area (Å²) in [4.78, 5) is 15.0. The molecule has 2 fully saturated rings. The van der Waals surface area contributed by atoms with E-state index >= 15 is 0 Å². The molecule has 3 atom stereocenters. The van der Waals surface area contributed by atoms with Crippen LogP contribution in [-0.2, 0) is 10.2 Å².